The van der Waals surface area contributed by atoms with Gasteiger partial charge in [0.25, 0.3) is 0 Å². The molecule has 0 aromatic carbocycles. The number of carbonyl (C=O) groups is 1. The van der Waals surface area contributed by atoms with Gasteiger partial charge in [-0.05, 0) is 12.1 Å². The normalized spacial score (nSPS) is 9.70. The number of carbonyl (C=O) groups excluding carboxylic acids is 1. The van der Waals surface area contributed by atoms with Crippen molar-refractivity contribution in [3.8, 4) is 0 Å². The Kier molecular flexibility index (Phi) is 2.20. The van der Waals surface area contributed by atoms with Gasteiger partial charge in [-0.3, -0.25) is 4.79 Å². The molecule has 3 heteroatoms. The van der Waals surface area contributed by atoms with Crippen molar-refractivity contribution in [3.63, 3.8) is 0 Å². The van der Waals surface area contributed by atoms with E-state index in [0.29, 0.717) is 5.69 Å². The van der Waals surface area contributed by atoms with E-state index in [1.165, 1.54) is 0 Å². The predicted molar refractivity (Wildman–Crippen MR) is 35.8 cm³/mol. The minimum Gasteiger partial charge on any atom is -0.343 e. The number of rotatable bonds is 3. The van der Waals surface area contributed by atoms with Gasteiger partial charge in [-0.2, -0.15) is 0 Å². The first-order valence-electron chi connectivity index (χ1n) is 3.05. The lowest BCUT2D eigenvalue weighted by molar-refractivity contribution is 0.111. The lowest BCUT2D eigenvalue weighted by Crippen LogP contribution is -2.01. The molecule has 0 spiro atoms. The average molecular weight is 141 g/mol. The second-order valence-corrected chi connectivity index (χ2v) is 1.93. The van der Waals surface area contributed by atoms with Crippen LogP contribution in [0.4, 0.5) is 4.39 Å². The third kappa shape index (κ3) is 1.23. The maximum atomic E-state index is 11.7. The van der Waals surface area contributed by atoms with Crippen LogP contribution in [0.15, 0.2) is 18.3 Å². The van der Waals surface area contributed by atoms with Crippen LogP contribution in [0.5, 0.6) is 0 Å². The summed E-state index contributed by atoms with van der Waals surface area (Å²) in [6, 6.07) is 3.38. The molecule has 54 valence electrons. The van der Waals surface area contributed by atoms with Crippen molar-refractivity contribution in [2.75, 3.05) is 6.67 Å². The van der Waals surface area contributed by atoms with E-state index >= 15 is 0 Å². The highest BCUT2D eigenvalue weighted by Gasteiger charge is 1.96. The van der Waals surface area contributed by atoms with Gasteiger partial charge in [0.1, 0.15) is 6.67 Å². The summed E-state index contributed by atoms with van der Waals surface area (Å²) in [5, 5.41) is 0. The van der Waals surface area contributed by atoms with Gasteiger partial charge in [0.2, 0.25) is 0 Å². The van der Waals surface area contributed by atoms with E-state index in [1.54, 1.807) is 22.9 Å². The third-order valence-electron chi connectivity index (χ3n) is 1.31. The van der Waals surface area contributed by atoms with Crippen molar-refractivity contribution < 1.29 is 9.18 Å². The standard InChI is InChI=1S/C7H8FNO/c8-3-5-9-4-1-2-7(9)6-10/h1-2,4,6H,3,5H2. The Bertz CT molecular complexity index is 219. The first kappa shape index (κ1) is 6.99. The summed E-state index contributed by atoms with van der Waals surface area (Å²) in [5.41, 5.74) is 0.526. The highest BCUT2D eigenvalue weighted by molar-refractivity contribution is 5.72. The Morgan fingerprint density at radius 3 is 3.10 bits per heavy atom. The summed E-state index contributed by atoms with van der Waals surface area (Å²) >= 11 is 0. The molecule has 10 heavy (non-hydrogen) atoms. The van der Waals surface area contributed by atoms with Crippen molar-refractivity contribution in [2.45, 2.75) is 6.54 Å². The highest BCUT2D eigenvalue weighted by Crippen LogP contribution is 1.97. The van der Waals surface area contributed by atoms with Crippen LogP contribution in [0, 0.1) is 0 Å². The molecule has 0 amide bonds. The minimum absolute atomic E-state index is 0.265. The summed E-state index contributed by atoms with van der Waals surface area (Å²) in [6.45, 7) is -0.170. The fraction of sp³-hybridized carbons (Fsp3) is 0.286. The van der Waals surface area contributed by atoms with Crippen molar-refractivity contribution >= 4 is 6.29 Å². The molecule has 0 bridgehead atoms. The Labute approximate surface area is 58.3 Å². The molecular formula is C7H8FNO. The molecule has 2 nitrogen and oxygen atoms in total. The SMILES string of the molecule is O=Cc1cccn1CCF. The largest absolute Gasteiger partial charge is 0.343 e. The van der Waals surface area contributed by atoms with Crippen LogP contribution in [0.1, 0.15) is 10.5 Å². The van der Waals surface area contributed by atoms with Gasteiger partial charge >= 0.3 is 0 Å². The molecular weight excluding hydrogens is 133 g/mol. The number of alkyl halides is 1. The van der Waals surface area contributed by atoms with E-state index in [-0.39, 0.29) is 6.54 Å². The maximum Gasteiger partial charge on any atom is 0.166 e. The van der Waals surface area contributed by atoms with Crippen LogP contribution in [0.2, 0.25) is 0 Å². The van der Waals surface area contributed by atoms with Gasteiger partial charge in [0, 0.05) is 6.20 Å². The molecule has 1 aromatic heterocycles. The fourth-order valence-corrected chi connectivity index (χ4v) is 0.829. The van der Waals surface area contributed by atoms with Crippen molar-refractivity contribution in [1.82, 2.24) is 4.57 Å². The second kappa shape index (κ2) is 3.15. The number of hydrogen-bond acceptors (Lipinski definition) is 1. The quantitative estimate of drug-likeness (QED) is 0.581. The topological polar surface area (TPSA) is 22.0 Å². The van der Waals surface area contributed by atoms with E-state index in [1.807, 2.05) is 0 Å². The van der Waals surface area contributed by atoms with E-state index in [2.05, 4.69) is 0 Å². The second-order valence-electron chi connectivity index (χ2n) is 1.93. The lowest BCUT2D eigenvalue weighted by atomic mass is 10.5. The number of halogens is 1. The Balaban J connectivity index is 2.79. The Hall–Kier alpha value is -1.12. The maximum absolute atomic E-state index is 11.7. The molecule has 0 unspecified atom stereocenters. The summed E-state index contributed by atoms with van der Waals surface area (Å²) in [4.78, 5) is 10.2. The van der Waals surface area contributed by atoms with E-state index in [0.717, 1.165) is 6.29 Å². The van der Waals surface area contributed by atoms with Crippen LogP contribution in [0.3, 0.4) is 0 Å². The van der Waals surface area contributed by atoms with Crippen molar-refractivity contribution in [1.29, 1.82) is 0 Å². The van der Waals surface area contributed by atoms with Crippen molar-refractivity contribution in [2.24, 2.45) is 0 Å². The van der Waals surface area contributed by atoms with Crippen LogP contribution >= 0.6 is 0 Å². The summed E-state index contributed by atoms with van der Waals surface area (Å²) in [7, 11) is 0. The lowest BCUT2D eigenvalue weighted by Gasteiger charge is -1.98. The number of aryl methyl sites for hydroxylation is 1. The first-order valence-corrected chi connectivity index (χ1v) is 3.05. The number of aromatic nitrogens is 1. The predicted octanol–water partition coefficient (Wildman–Crippen LogP) is 1.27. The molecule has 0 aliphatic rings. The molecule has 1 rings (SSSR count). The van der Waals surface area contributed by atoms with Gasteiger partial charge in [-0.25, -0.2) is 4.39 Å². The molecule has 0 fully saturated rings. The number of aldehydes is 1. The molecule has 0 N–H and O–H groups in total. The Morgan fingerprint density at radius 2 is 2.50 bits per heavy atom. The van der Waals surface area contributed by atoms with Gasteiger partial charge < -0.3 is 4.57 Å². The summed E-state index contributed by atoms with van der Waals surface area (Å²) in [6.07, 6.45) is 2.40. The van der Waals surface area contributed by atoms with E-state index < -0.39 is 6.67 Å². The average Bonchev–Trinajstić information content (AvgIpc) is 2.36. The highest BCUT2D eigenvalue weighted by atomic mass is 19.1. The molecule has 1 heterocycles. The molecule has 1 aromatic rings. The molecule has 0 saturated heterocycles. The third-order valence-corrected chi connectivity index (χ3v) is 1.31. The zero-order chi connectivity index (χ0) is 7.40. The number of hydrogen-bond donors (Lipinski definition) is 0. The molecule has 0 atom stereocenters. The van der Waals surface area contributed by atoms with Crippen LogP contribution in [-0.4, -0.2) is 17.5 Å². The van der Waals surface area contributed by atoms with Gasteiger partial charge in [-0.1, -0.05) is 0 Å². The smallest absolute Gasteiger partial charge is 0.166 e. The molecule has 0 saturated carbocycles. The van der Waals surface area contributed by atoms with Crippen LogP contribution in [0.25, 0.3) is 0 Å². The van der Waals surface area contributed by atoms with Gasteiger partial charge in [-0.15, -0.1) is 0 Å². The minimum atomic E-state index is -0.435. The van der Waals surface area contributed by atoms with E-state index in [9.17, 15) is 9.18 Å². The zero-order valence-corrected chi connectivity index (χ0v) is 5.46. The van der Waals surface area contributed by atoms with Crippen LogP contribution in [-0.2, 0) is 6.54 Å². The van der Waals surface area contributed by atoms with Crippen LogP contribution < -0.4 is 0 Å². The van der Waals surface area contributed by atoms with Gasteiger partial charge in [0.05, 0.1) is 12.2 Å². The first-order chi connectivity index (χ1) is 4.88. The summed E-state index contributed by atoms with van der Waals surface area (Å²) < 4.78 is 13.3. The fourth-order valence-electron chi connectivity index (χ4n) is 0.829. The molecule has 0 aliphatic heterocycles. The molecule has 0 aliphatic carbocycles. The van der Waals surface area contributed by atoms with Crippen molar-refractivity contribution in [3.05, 3.63) is 24.0 Å². The molecule has 0 radical (unpaired) electrons. The zero-order valence-electron chi connectivity index (χ0n) is 5.46. The Morgan fingerprint density at radius 1 is 1.70 bits per heavy atom. The number of nitrogens with zero attached hydrogens (tertiary/aromatic N) is 1. The monoisotopic (exact) mass is 141 g/mol. The summed E-state index contributed by atoms with van der Waals surface area (Å²) in [5.74, 6) is 0. The van der Waals surface area contributed by atoms with Gasteiger partial charge in [0.15, 0.2) is 6.29 Å². The van der Waals surface area contributed by atoms with E-state index in [4.69, 9.17) is 0 Å².